The van der Waals surface area contributed by atoms with E-state index in [-0.39, 0.29) is 5.75 Å². The Morgan fingerprint density at radius 2 is 2.00 bits per heavy atom. The summed E-state index contributed by atoms with van der Waals surface area (Å²) in [7, 11) is 1.23. The molecule has 0 atom stereocenters. The number of rotatable bonds is 3. The van der Waals surface area contributed by atoms with Crippen molar-refractivity contribution in [2.24, 2.45) is 0 Å². The largest absolute Gasteiger partial charge is 0.496 e. The molecular weight excluding hydrogens is 221 g/mol. The molecule has 1 aromatic carbocycles. The average molecular weight is 232 g/mol. The van der Waals surface area contributed by atoms with Crippen LogP contribution in [0, 0.1) is 0 Å². The van der Waals surface area contributed by atoms with Gasteiger partial charge in [0.2, 0.25) is 0 Å². The molecule has 1 rings (SSSR count). The maximum Gasteiger partial charge on any atom is 0.455 e. The number of ether oxygens (including phenoxy) is 1. The van der Waals surface area contributed by atoms with E-state index in [9.17, 15) is 18.0 Å². The minimum Gasteiger partial charge on any atom is -0.496 e. The number of carbonyl (C=O) groups excluding carboxylic acids is 1. The molecule has 1 aromatic rings. The Balaban J connectivity index is 3.24. The first-order valence-corrected chi connectivity index (χ1v) is 4.68. The molecule has 5 heteroatoms. The quantitative estimate of drug-likeness (QED) is 0.749. The highest BCUT2D eigenvalue weighted by atomic mass is 19.4. The summed E-state index contributed by atoms with van der Waals surface area (Å²) in [6, 6.07) is 4.22. The number of hydrogen-bond donors (Lipinski definition) is 0. The highest BCUT2D eigenvalue weighted by molar-refractivity contribution is 6.02. The summed E-state index contributed by atoms with van der Waals surface area (Å²) in [4.78, 5) is 11.1. The summed E-state index contributed by atoms with van der Waals surface area (Å²) in [6.45, 7) is 1.80. The van der Waals surface area contributed by atoms with Gasteiger partial charge in [-0.15, -0.1) is 0 Å². The summed E-state index contributed by atoms with van der Waals surface area (Å²) >= 11 is 0. The number of ketones is 1. The molecule has 0 aliphatic carbocycles. The van der Waals surface area contributed by atoms with E-state index in [1.807, 2.05) is 0 Å². The van der Waals surface area contributed by atoms with Crippen LogP contribution >= 0.6 is 0 Å². The first-order chi connectivity index (χ1) is 7.40. The second kappa shape index (κ2) is 4.55. The van der Waals surface area contributed by atoms with Crippen LogP contribution in [0.2, 0.25) is 0 Å². The van der Waals surface area contributed by atoms with Gasteiger partial charge in [-0.3, -0.25) is 4.79 Å². The van der Waals surface area contributed by atoms with Crippen LogP contribution in [0.3, 0.4) is 0 Å². The van der Waals surface area contributed by atoms with Gasteiger partial charge in [-0.1, -0.05) is 13.0 Å². The van der Waals surface area contributed by atoms with Crippen molar-refractivity contribution in [1.82, 2.24) is 0 Å². The molecule has 88 valence electrons. The summed E-state index contributed by atoms with van der Waals surface area (Å²) in [5.41, 5.74) is 0.225. The van der Waals surface area contributed by atoms with E-state index in [0.717, 1.165) is 0 Å². The molecule has 0 aliphatic heterocycles. The molecule has 2 nitrogen and oxygen atoms in total. The van der Waals surface area contributed by atoms with Gasteiger partial charge in [0.1, 0.15) is 5.75 Å². The lowest BCUT2D eigenvalue weighted by Gasteiger charge is -2.11. The van der Waals surface area contributed by atoms with E-state index in [0.29, 0.717) is 12.0 Å². The molecule has 0 saturated heterocycles. The molecule has 0 N–H and O–H groups in total. The molecule has 0 aromatic heterocycles. The van der Waals surface area contributed by atoms with Crippen LogP contribution in [-0.4, -0.2) is 19.1 Å². The zero-order valence-corrected chi connectivity index (χ0v) is 8.89. The average Bonchev–Trinajstić information content (AvgIpc) is 2.25. The molecule has 0 saturated carbocycles. The summed E-state index contributed by atoms with van der Waals surface area (Å²) < 4.78 is 41.6. The predicted molar refractivity (Wildman–Crippen MR) is 52.8 cm³/mol. The number of halogens is 3. The number of benzene rings is 1. The van der Waals surface area contributed by atoms with Gasteiger partial charge in [-0.05, 0) is 24.1 Å². The van der Waals surface area contributed by atoms with Crippen molar-refractivity contribution in [2.45, 2.75) is 19.5 Å². The van der Waals surface area contributed by atoms with Gasteiger partial charge < -0.3 is 4.74 Å². The van der Waals surface area contributed by atoms with Crippen molar-refractivity contribution in [2.75, 3.05) is 7.11 Å². The van der Waals surface area contributed by atoms with Crippen LogP contribution in [0.25, 0.3) is 0 Å². The molecular formula is C11H11F3O2. The van der Waals surface area contributed by atoms with E-state index in [4.69, 9.17) is 4.74 Å². The number of methoxy groups -OCH3 is 1. The molecule has 0 amide bonds. The third-order valence-electron chi connectivity index (χ3n) is 2.17. The minimum absolute atomic E-state index is 0.0560. The molecule has 0 fully saturated rings. The third kappa shape index (κ3) is 2.53. The van der Waals surface area contributed by atoms with E-state index in [1.165, 1.54) is 19.2 Å². The fraction of sp³-hybridized carbons (Fsp3) is 0.364. The molecule has 0 spiro atoms. The molecule has 0 aliphatic rings. The van der Waals surface area contributed by atoms with E-state index < -0.39 is 17.5 Å². The monoisotopic (exact) mass is 232 g/mol. The van der Waals surface area contributed by atoms with Crippen molar-refractivity contribution in [3.8, 4) is 5.75 Å². The highest BCUT2D eigenvalue weighted by Gasteiger charge is 2.40. The Bertz CT molecular complexity index is 397. The molecule has 0 unspecified atom stereocenters. The lowest BCUT2D eigenvalue weighted by molar-refractivity contribution is -0.0886. The molecule has 0 bridgehead atoms. The SMILES string of the molecule is CCc1ccc(OC)c(C(=O)C(F)(F)F)c1. The maximum absolute atomic E-state index is 12.3. The number of hydrogen-bond acceptors (Lipinski definition) is 2. The molecule has 16 heavy (non-hydrogen) atoms. The van der Waals surface area contributed by atoms with Crippen LogP contribution in [0.4, 0.5) is 13.2 Å². The fourth-order valence-corrected chi connectivity index (χ4v) is 1.31. The van der Waals surface area contributed by atoms with Gasteiger partial charge in [-0.2, -0.15) is 13.2 Å². The van der Waals surface area contributed by atoms with Gasteiger partial charge in [0, 0.05) is 0 Å². The van der Waals surface area contributed by atoms with Crippen molar-refractivity contribution in [1.29, 1.82) is 0 Å². The highest BCUT2D eigenvalue weighted by Crippen LogP contribution is 2.28. The molecule has 0 heterocycles. The Morgan fingerprint density at radius 3 is 2.44 bits per heavy atom. The zero-order chi connectivity index (χ0) is 12.3. The van der Waals surface area contributed by atoms with E-state index >= 15 is 0 Å². The Kier molecular flexibility index (Phi) is 3.57. The third-order valence-corrected chi connectivity index (χ3v) is 2.17. The Hall–Kier alpha value is -1.52. The van der Waals surface area contributed by atoms with Crippen LogP contribution in [0.5, 0.6) is 5.75 Å². The summed E-state index contributed by atoms with van der Waals surface area (Å²) in [6.07, 6.45) is -4.32. The van der Waals surface area contributed by atoms with Crippen molar-refractivity contribution in [3.63, 3.8) is 0 Å². The normalized spacial score (nSPS) is 11.3. The van der Waals surface area contributed by atoms with Crippen LogP contribution < -0.4 is 4.74 Å². The number of carbonyl (C=O) groups is 1. The zero-order valence-electron chi connectivity index (χ0n) is 8.89. The van der Waals surface area contributed by atoms with Crippen LogP contribution in [-0.2, 0) is 6.42 Å². The first kappa shape index (κ1) is 12.5. The smallest absolute Gasteiger partial charge is 0.455 e. The Labute approximate surface area is 91.0 Å². The van der Waals surface area contributed by atoms with Crippen LogP contribution in [0.1, 0.15) is 22.8 Å². The number of aryl methyl sites for hydroxylation is 1. The first-order valence-electron chi connectivity index (χ1n) is 4.68. The number of Topliss-reactive ketones (excluding diaryl/α,β-unsaturated/α-hetero) is 1. The van der Waals surface area contributed by atoms with Crippen molar-refractivity contribution < 1.29 is 22.7 Å². The molecule has 0 radical (unpaired) electrons. The Morgan fingerprint density at radius 1 is 1.38 bits per heavy atom. The number of alkyl halides is 3. The van der Waals surface area contributed by atoms with E-state index in [1.54, 1.807) is 13.0 Å². The predicted octanol–water partition coefficient (Wildman–Crippen LogP) is 3.00. The second-order valence-corrected chi connectivity index (χ2v) is 3.22. The van der Waals surface area contributed by atoms with Gasteiger partial charge in [0.25, 0.3) is 5.78 Å². The van der Waals surface area contributed by atoms with Crippen molar-refractivity contribution >= 4 is 5.78 Å². The summed E-state index contributed by atoms with van der Waals surface area (Å²) in [5.74, 6) is -1.93. The van der Waals surface area contributed by atoms with Gasteiger partial charge in [-0.25, -0.2) is 0 Å². The fourth-order valence-electron chi connectivity index (χ4n) is 1.31. The topological polar surface area (TPSA) is 26.3 Å². The lowest BCUT2D eigenvalue weighted by atomic mass is 10.0. The standard InChI is InChI=1S/C11H11F3O2/c1-3-7-4-5-9(16-2)8(6-7)10(15)11(12,13)14/h4-6H,3H2,1-2H3. The second-order valence-electron chi connectivity index (χ2n) is 3.22. The van der Waals surface area contributed by atoms with Gasteiger partial charge >= 0.3 is 6.18 Å². The summed E-state index contributed by atoms with van der Waals surface area (Å²) in [5, 5.41) is 0. The van der Waals surface area contributed by atoms with E-state index in [2.05, 4.69) is 0 Å². The van der Waals surface area contributed by atoms with Crippen LogP contribution in [0.15, 0.2) is 18.2 Å². The minimum atomic E-state index is -4.88. The van der Waals surface area contributed by atoms with Gasteiger partial charge in [0.15, 0.2) is 0 Å². The van der Waals surface area contributed by atoms with Crippen molar-refractivity contribution in [3.05, 3.63) is 29.3 Å². The van der Waals surface area contributed by atoms with Gasteiger partial charge in [0.05, 0.1) is 12.7 Å². The lowest BCUT2D eigenvalue weighted by Crippen LogP contribution is -2.23. The maximum atomic E-state index is 12.3.